The second-order valence-corrected chi connectivity index (χ2v) is 12.7. The van der Waals surface area contributed by atoms with E-state index in [4.69, 9.17) is 15.0 Å². The molecule has 0 fully saturated rings. The van der Waals surface area contributed by atoms with Gasteiger partial charge in [-0.1, -0.05) is 167 Å². The molecular formula is C31H64NO6P. The molecule has 0 spiro atoms. The molecule has 0 aliphatic rings. The summed E-state index contributed by atoms with van der Waals surface area (Å²) in [6, 6.07) is 0. The van der Waals surface area contributed by atoms with Crippen molar-refractivity contribution < 1.29 is 28.9 Å². The first-order valence-corrected chi connectivity index (χ1v) is 18.1. The Bertz CT molecular complexity index is 557. The van der Waals surface area contributed by atoms with Gasteiger partial charge in [0.2, 0.25) is 5.91 Å². The molecule has 0 aliphatic carbocycles. The number of carbonyl (C=O) groups is 1. The highest BCUT2D eigenvalue weighted by atomic mass is 31.2. The van der Waals surface area contributed by atoms with Crippen molar-refractivity contribution in [3.05, 3.63) is 0 Å². The van der Waals surface area contributed by atoms with Crippen molar-refractivity contribution in [3.63, 3.8) is 0 Å². The molecule has 8 heteroatoms. The summed E-state index contributed by atoms with van der Waals surface area (Å²) in [6.07, 6.45) is 36.6. The molecule has 7 nitrogen and oxygen atoms in total. The molecule has 0 aliphatic heterocycles. The minimum Gasteiger partial charge on any atom is -0.303 e. The average Bonchev–Trinajstić information content (AvgIpc) is 2.91. The number of phosphoric acid groups is 1. The Morgan fingerprint density at radius 1 is 0.462 bits per heavy atom. The maximum atomic E-state index is 10.9. The van der Waals surface area contributed by atoms with Gasteiger partial charge in [0.05, 0.1) is 6.61 Å². The van der Waals surface area contributed by atoms with E-state index >= 15 is 0 Å². The third kappa shape index (κ3) is 35.5. The second kappa shape index (κ2) is 30.5. The van der Waals surface area contributed by atoms with Gasteiger partial charge in [0.15, 0.2) is 0 Å². The van der Waals surface area contributed by atoms with Crippen molar-refractivity contribution in [1.82, 2.24) is 5.48 Å². The Morgan fingerprint density at radius 3 is 0.923 bits per heavy atom. The van der Waals surface area contributed by atoms with Crippen LogP contribution in [0.15, 0.2) is 0 Å². The first-order chi connectivity index (χ1) is 19.0. The maximum Gasteiger partial charge on any atom is 0.469 e. The molecule has 0 atom stereocenters. The molecule has 0 unspecified atom stereocenters. The van der Waals surface area contributed by atoms with Crippen LogP contribution in [-0.2, 0) is 13.9 Å². The van der Waals surface area contributed by atoms with Crippen molar-refractivity contribution in [2.45, 2.75) is 186 Å². The van der Waals surface area contributed by atoms with Crippen LogP contribution < -0.4 is 5.48 Å². The van der Waals surface area contributed by atoms with Gasteiger partial charge in [-0.25, -0.2) is 10.0 Å². The summed E-state index contributed by atoms with van der Waals surface area (Å²) < 4.78 is 15.0. The number of carbonyl (C=O) groups excluding carboxylic acids is 1. The second-order valence-electron chi connectivity index (χ2n) is 11.5. The van der Waals surface area contributed by atoms with Crippen molar-refractivity contribution >= 4 is 13.7 Å². The van der Waals surface area contributed by atoms with Gasteiger partial charge < -0.3 is 9.79 Å². The summed E-state index contributed by atoms with van der Waals surface area (Å²) in [5, 5.41) is 8.44. The number of rotatable bonds is 32. The lowest BCUT2D eigenvalue weighted by Crippen LogP contribution is -2.17. The lowest BCUT2D eigenvalue weighted by molar-refractivity contribution is -0.129. The number of hydrogen-bond acceptors (Lipinski definition) is 4. The molecule has 0 radical (unpaired) electrons. The fraction of sp³-hybridized carbons (Fsp3) is 0.968. The van der Waals surface area contributed by atoms with E-state index in [-0.39, 0.29) is 12.5 Å². The summed E-state index contributed by atoms with van der Waals surface area (Å²) in [6.45, 7) is 0.160. The number of amides is 1. The zero-order chi connectivity index (χ0) is 28.7. The predicted molar refractivity (Wildman–Crippen MR) is 162 cm³/mol. The van der Waals surface area contributed by atoms with E-state index in [0.29, 0.717) is 6.42 Å². The monoisotopic (exact) mass is 577 g/mol. The number of phosphoric ester groups is 1. The van der Waals surface area contributed by atoms with Crippen LogP contribution in [0.5, 0.6) is 0 Å². The lowest BCUT2D eigenvalue weighted by atomic mass is 10.0. The Labute approximate surface area is 240 Å². The molecule has 4 N–H and O–H groups in total. The molecule has 0 saturated heterocycles. The van der Waals surface area contributed by atoms with E-state index in [1.807, 2.05) is 0 Å². The van der Waals surface area contributed by atoms with Crippen LogP contribution in [0.3, 0.4) is 0 Å². The standard InChI is InChI=1S/C31H64NO6P/c33-31(32-34)29-27-25-23-21-19-17-15-13-11-9-7-5-3-1-2-4-6-8-10-12-14-16-18-20-22-24-26-28-30-38-39(35,36)37/h34H,1-30H2,(H,32,33)(H2,35,36,37). The minimum absolute atomic E-state index is 0.160. The zero-order valence-corrected chi connectivity index (χ0v) is 26.1. The highest BCUT2D eigenvalue weighted by Crippen LogP contribution is 2.35. The molecule has 0 bridgehead atoms. The minimum atomic E-state index is -4.28. The predicted octanol–water partition coefficient (Wildman–Crippen LogP) is 9.91. The molecule has 0 aromatic carbocycles. The van der Waals surface area contributed by atoms with Crippen molar-refractivity contribution in [3.8, 4) is 0 Å². The molecule has 234 valence electrons. The summed E-state index contributed by atoms with van der Waals surface area (Å²) in [4.78, 5) is 28.1. The quantitative estimate of drug-likeness (QED) is 0.0274. The topological polar surface area (TPSA) is 116 Å². The first kappa shape index (κ1) is 38.5. The SMILES string of the molecule is O=C(CCCCCCCCCCCCCCCCCCCCCCCCCCCCCCOP(=O)(O)O)NO. The van der Waals surface area contributed by atoms with Crippen molar-refractivity contribution in [1.29, 1.82) is 0 Å². The number of hydrogen-bond donors (Lipinski definition) is 4. The van der Waals surface area contributed by atoms with Crippen LogP contribution in [0.2, 0.25) is 0 Å². The number of hydroxylamine groups is 1. The van der Waals surface area contributed by atoms with E-state index in [1.54, 1.807) is 5.48 Å². The lowest BCUT2D eigenvalue weighted by Gasteiger charge is -2.05. The summed E-state index contributed by atoms with van der Waals surface area (Å²) in [5.74, 6) is -0.267. The van der Waals surface area contributed by atoms with Gasteiger partial charge in [0.1, 0.15) is 0 Å². The molecule has 0 saturated carbocycles. The third-order valence-electron chi connectivity index (χ3n) is 7.68. The normalized spacial score (nSPS) is 11.8. The maximum absolute atomic E-state index is 10.9. The summed E-state index contributed by atoms with van der Waals surface area (Å²) in [5.41, 5.74) is 1.69. The Hall–Kier alpha value is -0.460. The Kier molecular flexibility index (Phi) is 30.1. The van der Waals surface area contributed by atoms with Crippen LogP contribution in [0.25, 0.3) is 0 Å². The van der Waals surface area contributed by atoms with E-state index in [9.17, 15) is 9.36 Å². The Morgan fingerprint density at radius 2 is 0.692 bits per heavy atom. The van der Waals surface area contributed by atoms with E-state index in [1.165, 1.54) is 148 Å². The van der Waals surface area contributed by atoms with Gasteiger partial charge >= 0.3 is 7.82 Å². The van der Waals surface area contributed by atoms with Crippen LogP contribution in [0.1, 0.15) is 186 Å². The first-order valence-electron chi connectivity index (χ1n) is 16.6. The Balaban J connectivity index is 3.07. The zero-order valence-electron chi connectivity index (χ0n) is 25.2. The molecule has 1 amide bonds. The fourth-order valence-electron chi connectivity index (χ4n) is 5.22. The highest BCUT2D eigenvalue weighted by Gasteiger charge is 2.12. The van der Waals surface area contributed by atoms with Crippen LogP contribution in [0, 0.1) is 0 Å². The highest BCUT2D eigenvalue weighted by molar-refractivity contribution is 7.46. The molecule has 0 aromatic rings. The molecule has 0 rings (SSSR count). The third-order valence-corrected chi connectivity index (χ3v) is 8.20. The van der Waals surface area contributed by atoms with Gasteiger partial charge in [0, 0.05) is 6.42 Å². The van der Waals surface area contributed by atoms with E-state index < -0.39 is 7.82 Å². The van der Waals surface area contributed by atoms with Crippen molar-refractivity contribution in [2.24, 2.45) is 0 Å². The molecule has 0 aromatic heterocycles. The largest absolute Gasteiger partial charge is 0.469 e. The van der Waals surface area contributed by atoms with Crippen LogP contribution in [0.4, 0.5) is 0 Å². The van der Waals surface area contributed by atoms with Gasteiger partial charge in [-0.3, -0.25) is 14.5 Å². The van der Waals surface area contributed by atoms with E-state index in [2.05, 4.69) is 4.52 Å². The van der Waals surface area contributed by atoms with Crippen molar-refractivity contribution in [2.75, 3.05) is 6.61 Å². The average molecular weight is 578 g/mol. The number of nitrogens with one attached hydrogen (secondary N) is 1. The van der Waals surface area contributed by atoms with Crippen LogP contribution in [-0.4, -0.2) is 27.5 Å². The van der Waals surface area contributed by atoms with Gasteiger partial charge in [0.25, 0.3) is 0 Å². The number of unbranched alkanes of at least 4 members (excludes halogenated alkanes) is 27. The molecular weight excluding hydrogens is 513 g/mol. The van der Waals surface area contributed by atoms with E-state index in [0.717, 1.165) is 32.1 Å². The summed E-state index contributed by atoms with van der Waals surface area (Å²) >= 11 is 0. The van der Waals surface area contributed by atoms with Gasteiger partial charge in [-0.2, -0.15) is 0 Å². The van der Waals surface area contributed by atoms with Gasteiger partial charge in [-0.05, 0) is 12.8 Å². The van der Waals surface area contributed by atoms with Gasteiger partial charge in [-0.15, -0.1) is 0 Å². The smallest absolute Gasteiger partial charge is 0.303 e. The van der Waals surface area contributed by atoms with Crippen LogP contribution >= 0.6 is 7.82 Å². The molecule has 0 heterocycles. The fourth-order valence-corrected chi connectivity index (χ4v) is 5.59. The summed E-state index contributed by atoms with van der Waals surface area (Å²) in [7, 11) is -4.28. The molecule has 39 heavy (non-hydrogen) atoms.